The van der Waals surface area contributed by atoms with E-state index in [1.807, 2.05) is 25.1 Å². The summed E-state index contributed by atoms with van der Waals surface area (Å²) in [5.74, 6) is 1.73. The number of β-amino-alcohol motifs (C(OH)–C–C–N with tert-alkyl or cyclic N) is 1. The van der Waals surface area contributed by atoms with Crippen LogP contribution in [-0.2, 0) is 6.54 Å². The van der Waals surface area contributed by atoms with E-state index in [0.717, 1.165) is 47.3 Å². The van der Waals surface area contributed by atoms with Crippen LogP contribution in [0, 0.1) is 6.92 Å². The van der Waals surface area contributed by atoms with Crippen LogP contribution in [0.3, 0.4) is 0 Å². The van der Waals surface area contributed by atoms with Crippen molar-refractivity contribution >= 4 is 11.3 Å². The van der Waals surface area contributed by atoms with E-state index >= 15 is 0 Å². The lowest BCUT2D eigenvalue weighted by Gasteiger charge is -2.35. The van der Waals surface area contributed by atoms with Gasteiger partial charge in [-0.3, -0.25) is 4.90 Å². The Morgan fingerprint density at radius 2 is 2.22 bits per heavy atom. The maximum Gasteiger partial charge on any atom is 0.231 e. The van der Waals surface area contributed by atoms with Gasteiger partial charge in [0, 0.05) is 23.5 Å². The topological polar surface area (TPSA) is 54.8 Å². The van der Waals surface area contributed by atoms with Crippen LogP contribution in [0.15, 0.2) is 23.6 Å². The summed E-state index contributed by atoms with van der Waals surface area (Å²) in [6.45, 7) is 4.77. The first-order valence-corrected chi connectivity index (χ1v) is 8.78. The maximum absolute atomic E-state index is 10.6. The lowest BCUT2D eigenvalue weighted by molar-refractivity contribution is 0.0476. The van der Waals surface area contributed by atoms with Gasteiger partial charge in [-0.15, -0.1) is 11.3 Å². The highest BCUT2D eigenvalue weighted by Gasteiger charge is 2.30. The van der Waals surface area contributed by atoms with Gasteiger partial charge in [0.05, 0.1) is 12.6 Å². The molecule has 0 unspecified atom stereocenters. The maximum atomic E-state index is 10.6. The Morgan fingerprint density at radius 3 is 3.00 bits per heavy atom. The van der Waals surface area contributed by atoms with Crippen molar-refractivity contribution in [1.29, 1.82) is 0 Å². The number of fused-ring (bicyclic) bond motifs is 1. The number of rotatable bonds is 3. The zero-order valence-corrected chi connectivity index (χ0v) is 13.9. The SMILES string of the molecule is Cc1csc(CN2CC[C@@H](c3ccc4c(c3)OCO4)[C@H](O)C2)n1. The lowest BCUT2D eigenvalue weighted by atomic mass is 9.87. The van der Waals surface area contributed by atoms with Crippen LogP contribution in [0.4, 0.5) is 0 Å². The minimum atomic E-state index is -0.370. The van der Waals surface area contributed by atoms with Crippen molar-refractivity contribution in [3.63, 3.8) is 0 Å². The number of benzene rings is 1. The highest BCUT2D eigenvalue weighted by molar-refractivity contribution is 7.09. The molecule has 1 aromatic heterocycles. The second-order valence-electron chi connectivity index (χ2n) is 6.19. The fourth-order valence-electron chi connectivity index (χ4n) is 3.34. The standard InChI is InChI=1S/C17H20N2O3S/c1-11-9-23-17(18-11)8-19-5-4-13(14(20)7-19)12-2-3-15-16(6-12)22-10-21-15/h2-3,6,9,13-14,20H,4-5,7-8,10H2,1H3/t13-,14+/m0/s1. The molecule has 2 aliphatic heterocycles. The number of aliphatic hydroxyl groups excluding tert-OH is 1. The smallest absolute Gasteiger partial charge is 0.231 e. The molecule has 122 valence electrons. The predicted molar refractivity (Wildman–Crippen MR) is 88.1 cm³/mol. The van der Waals surface area contributed by atoms with Crippen LogP contribution in [0.2, 0.25) is 0 Å². The number of ether oxygens (including phenoxy) is 2. The van der Waals surface area contributed by atoms with E-state index in [-0.39, 0.29) is 18.8 Å². The summed E-state index contributed by atoms with van der Waals surface area (Å²) < 4.78 is 10.8. The molecule has 0 aliphatic carbocycles. The van der Waals surface area contributed by atoms with Gasteiger partial charge in [0.15, 0.2) is 11.5 Å². The Balaban J connectivity index is 1.43. The Morgan fingerprint density at radius 1 is 1.35 bits per heavy atom. The van der Waals surface area contributed by atoms with Gasteiger partial charge in [-0.1, -0.05) is 6.07 Å². The molecule has 23 heavy (non-hydrogen) atoms. The monoisotopic (exact) mass is 332 g/mol. The lowest BCUT2D eigenvalue weighted by Crippen LogP contribution is -2.42. The zero-order valence-electron chi connectivity index (χ0n) is 13.1. The van der Waals surface area contributed by atoms with Gasteiger partial charge >= 0.3 is 0 Å². The number of hydrogen-bond donors (Lipinski definition) is 1. The molecule has 1 saturated heterocycles. The van der Waals surface area contributed by atoms with Crippen LogP contribution in [0.1, 0.15) is 28.6 Å². The number of aromatic nitrogens is 1. The molecular weight excluding hydrogens is 312 g/mol. The Labute approximate surface area is 139 Å². The molecule has 6 heteroatoms. The first-order chi connectivity index (χ1) is 11.2. The third-order valence-corrected chi connectivity index (χ3v) is 5.47. The average Bonchev–Trinajstić information content (AvgIpc) is 3.15. The van der Waals surface area contributed by atoms with Crippen LogP contribution in [0.5, 0.6) is 11.5 Å². The van der Waals surface area contributed by atoms with E-state index in [9.17, 15) is 5.11 Å². The van der Waals surface area contributed by atoms with E-state index in [0.29, 0.717) is 6.54 Å². The third-order valence-electron chi connectivity index (χ3n) is 4.52. The normalized spacial score (nSPS) is 24.1. The first kappa shape index (κ1) is 14.9. The van der Waals surface area contributed by atoms with Gasteiger partial charge in [0.2, 0.25) is 6.79 Å². The Kier molecular flexibility index (Phi) is 3.97. The number of thiazole rings is 1. The molecule has 0 saturated carbocycles. The Hall–Kier alpha value is -1.63. The minimum Gasteiger partial charge on any atom is -0.454 e. The molecule has 3 heterocycles. The first-order valence-electron chi connectivity index (χ1n) is 7.90. The van der Waals surface area contributed by atoms with Gasteiger partial charge in [-0.2, -0.15) is 0 Å². The number of hydrogen-bond acceptors (Lipinski definition) is 6. The van der Waals surface area contributed by atoms with E-state index in [4.69, 9.17) is 9.47 Å². The van der Waals surface area contributed by atoms with Gasteiger partial charge in [0.1, 0.15) is 5.01 Å². The van der Waals surface area contributed by atoms with E-state index < -0.39 is 0 Å². The van der Waals surface area contributed by atoms with Crippen molar-refractivity contribution in [3.05, 3.63) is 39.8 Å². The molecule has 4 rings (SSSR count). The minimum absolute atomic E-state index is 0.152. The fraction of sp³-hybridized carbons (Fsp3) is 0.471. The molecule has 0 radical (unpaired) electrons. The number of piperidine rings is 1. The molecule has 1 N–H and O–H groups in total. The van der Waals surface area contributed by atoms with E-state index in [1.165, 1.54) is 0 Å². The van der Waals surface area contributed by atoms with Crippen LogP contribution >= 0.6 is 11.3 Å². The van der Waals surface area contributed by atoms with Crippen molar-refractivity contribution in [3.8, 4) is 11.5 Å². The van der Waals surface area contributed by atoms with Crippen molar-refractivity contribution < 1.29 is 14.6 Å². The van der Waals surface area contributed by atoms with Gasteiger partial charge in [-0.25, -0.2) is 4.98 Å². The van der Waals surface area contributed by atoms with Crippen molar-refractivity contribution in [2.45, 2.75) is 31.9 Å². The molecule has 0 bridgehead atoms. The van der Waals surface area contributed by atoms with Gasteiger partial charge < -0.3 is 14.6 Å². The van der Waals surface area contributed by atoms with Crippen molar-refractivity contribution in [2.75, 3.05) is 19.9 Å². The number of aliphatic hydroxyl groups is 1. The summed E-state index contributed by atoms with van der Waals surface area (Å²) in [5.41, 5.74) is 2.20. The van der Waals surface area contributed by atoms with Crippen LogP contribution in [0.25, 0.3) is 0 Å². The number of likely N-dealkylation sites (tertiary alicyclic amines) is 1. The quantitative estimate of drug-likeness (QED) is 0.936. The van der Waals surface area contributed by atoms with E-state index in [1.54, 1.807) is 11.3 Å². The summed E-state index contributed by atoms with van der Waals surface area (Å²) in [5, 5.41) is 13.8. The highest BCUT2D eigenvalue weighted by Crippen LogP contribution is 2.37. The molecule has 5 nitrogen and oxygen atoms in total. The molecule has 0 amide bonds. The zero-order chi connectivity index (χ0) is 15.8. The Bertz CT molecular complexity index is 703. The van der Waals surface area contributed by atoms with E-state index in [2.05, 4.69) is 15.3 Å². The summed E-state index contributed by atoms with van der Waals surface area (Å²) in [4.78, 5) is 6.80. The van der Waals surface area contributed by atoms with Gasteiger partial charge in [0.25, 0.3) is 0 Å². The highest BCUT2D eigenvalue weighted by atomic mass is 32.1. The summed E-state index contributed by atoms with van der Waals surface area (Å²) >= 11 is 1.69. The molecular formula is C17H20N2O3S. The number of nitrogens with zero attached hydrogens (tertiary/aromatic N) is 2. The number of aryl methyl sites for hydroxylation is 1. The van der Waals surface area contributed by atoms with Crippen LogP contribution in [-0.4, -0.2) is 41.0 Å². The predicted octanol–water partition coefficient (Wildman–Crippen LogP) is 2.53. The van der Waals surface area contributed by atoms with Crippen LogP contribution < -0.4 is 9.47 Å². The van der Waals surface area contributed by atoms with Gasteiger partial charge in [-0.05, 0) is 37.6 Å². The van der Waals surface area contributed by atoms with Crippen molar-refractivity contribution in [2.24, 2.45) is 0 Å². The average molecular weight is 332 g/mol. The molecule has 2 atom stereocenters. The third kappa shape index (κ3) is 3.06. The molecule has 1 fully saturated rings. The molecule has 2 aromatic rings. The fourth-order valence-corrected chi connectivity index (χ4v) is 4.15. The molecule has 2 aliphatic rings. The summed E-state index contributed by atoms with van der Waals surface area (Å²) in [7, 11) is 0. The largest absolute Gasteiger partial charge is 0.454 e. The molecule has 0 spiro atoms. The van der Waals surface area contributed by atoms with Crippen molar-refractivity contribution in [1.82, 2.24) is 9.88 Å². The second kappa shape index (κ2) is 6.11. The summed E-state index contributed by atoms with van der Waals surface area (Å²) in [6, 6.07) is 5.99. The molecule has 1 aromatic carbocycles. The second-order valence-corrected chi connectivity index (χ2v) is 7.14. The summed E-state index contributed by atoms with van der Waals surface area (Å²) in [6.07, 6.45) is 0.565.